The number of rotatable bonds is 5. The molecule has 0 radical (unpaired) electrons. The number of anilines is 1. The van der Waals surface area contributed by atoms with Crippen molar-refractivity contribution in [3.05, 3.63) is 52.9 Å². The highest BCUT2D eigenvalue weighted by Crippen LogP contribution is 2.38. The van der Waals surface area contributed by atoms with E-state index in [2.05, 4.69) is 31.2 Å². The second-order valence-corrected chi connectivity index (χ2v) is 5.77. The smallest absolute Gasteiger partial charge is 0.134 e. The van der Waals surface area contributed by atoms with Crippen molar-refractivity contribution in [2.75, 3.05) is 19.5 Å². The summed E-state index contributed by atoms with van der Waals surface area (Å²) in [7, 11) is 3.28. The third kappa shape index (κ3) is 3.22. The van der Waals surface area contributed by atoms with Crippen LogP contribution in [0.15, 0.2) is 47.3 Å². The number of ether oxygens (including phenoxy) is 2. The number of benzene rings is 1. The highest BCUT2D eigenvalue weighted by molar-refractivity contribution is 9.10. The van der Waals surface area contributed by atoms with Gasteiger partial charge in [-0.1, -0.05) is 0 Å². The molecule has 0 spiro atoms. The molecule has 3 aromatic rings. The standard InChI is InChI=1S/C17H16BrN3O2/c1-22-12-7-13-16(15(8-12)23-2)14(18)10-21-17(13)20-9-11-3-5-19-6-4-11/h3-8,10H,9H2,1-2H3,(H,20,21). The lowest BCUT2D eigenvalue weighted by molar-refractivity contribution is 0.398. The fourth-order valence-corrected chi connectivity index (χ4v) is 2.90. The SMILES string of the molecule is COc1cc(OC)c2c(Br)cnc(NCc3ccncc3)c2c1. The Morgan fingerprint density at radius 3 is 2.61 bits per heavy atom. The van der Waals surface area contributed by atoms with Crippen LogP contribution in [0.4, 0.5) is 5.82 Å². The minimum Gasteiger partial charge on any atom is -0.497 e. The van der Waals surface area contributed by atoms with Gasteiger partial charge < -0.3 is 14.8 Å². The lowest BCUT2D eigenvalue weighted by Gasteiger charge is -2.14. The van der Waals surface area contributed by atoms with Gasteiger partial charge in [0.25, 0.3) is 0 Å². The average Bonchev–Trinajstić information content (AvgIpc) is 2.61. The fraction of sp³-hybridized carbons (Fsp3) is 0.176. The monoisotopic (exact) mass is 373 g/mol. The van der Waals surface area contributed by atoms with Crippen molar-refractivity contribution in [2.45, 2.75) is 6.54 Å². The Hall–Kier alpha value is -2.34. The predicted molar refractivity (Wildman–Crippen MR) is 94.1 cm³/mol. The van der Waals surface area contributed by atoms with Gasteiger partial charge in [-0.2, -0.15) is 0 Å². The molecule has 0 aliphatic carbocycles. The first-order valence-corrected chi connectivity index (χ1v) is 7.85. The van der Waals surface area contributed by atoms with Crippen molar-refractivity contribution in [1.29, 1.82) is 0 Å². The number of nitrogens with one attached hydrogen (secondary N) is 1. The topological polar surface area (TPSA) is 56.3 Å². The molecule has 1 aromatic carbocycles. The zero-order chi connectivity index (χ0) is 16.2. The molecule has 0 saturated heterocycles. The molecule has 0 aliphatic rings. The lowest BCUT2D eigenvalue weighted by atomic mass is 10.1. The molecule has 0 unspecified atom stereocenters. The van der Waals surface area contributed by atoms with Gasteiger partial charge in [0.15, 0.2) is 0 Å². The Kier molecular flexibility index (Phi) is 4.62. The Morgan fingerprint density at radius 2 is 1.91 bits per heavy atom. The summed E-state index contributed by atoms with van der Waals surface area (Å²) in [6.45, 7) is 0.659. The average molecular weight is 374 g/mol. The first kappa shape index (κ1) is 15.6. The van der Waals surface area contributed by atoms with E-state index in [9.17, 15) is 0 Å². The van der Waals surface area contributed by atoms with Gasteiger partial charge in [0.1, 0.15) is 17.3 Å². The van der Waals surface area contributed by atoms with Crippen molar-refractivity contribution in [3.63, 3.8) is 0 Å². The summed E-state index contributed by atoms with van der Waals surface area (Å²) >= 11 is 3.55. The Bertz CT molecular complexity index is 825. The Morgan fingerprint density at radius 1 is 1.13 bits per heavy atom. The number of aromatic nitrogens is 2. The summed E-state index contributed by atoms with van der Waals surface area (Å²) in [5, 5.41) is 5.26. The van der Waals surface area contributed by atoms with E-state index < -0.39 is 0 Å². The van der Waals surface area contributed by atoms with Crippen LogP contribution in [0, 0.1) is 0 Å². The van der Waals surface area contributed by atoms with Crippen LogP contribution in [0.5, 0.6) is 11.5 Å². The molecule has 1 N–H and O–H groups in total. The Balaban J connectivity index is 2.04. The molecule has 0 aliphatic heterocycles. The zero-order valence-electron chi connectivity index (χ0n) is 12.8. The van der Waals surface area contributed by atoms with Gasteiger partial charge in [0.2, 0.25) is 0 Å². The third-order valence-electron chi connectivity index (χ3n) is 3.54. The van der Waals surface area contributed by atoms with E-state index in [1.54, 1.807) is 32.8 Å². The van der Waals surface area contributed by atoms with Crippen molar-refractivity contribution in [1.82, 2.24) is 9.97 Å². The van der Waals surface area contributed by atoms with Crippen LogP contribution in [0.1, 0.15) is 5.56 Å². The number of halogens is 1. The summed E-state index contributed by atoms with van der Waals surface area (Å²) in [5.74, 6) is 2.24. The second kappa shape index (κ2) is 6.83. The molecule has 5 nitrogen and oxygen atoms in total. The van der Waals surface area contributed by atoms with Crippen LogP contribution >= 0.6 is 15.9 Å². The molecule has 118 valence electrons. The first-order chi connectivity index (χ1) is 11.2. The molecule has 23 heavy (non-hydrogen) atoms. The normalized spacial score (nSPS) is 10.6. The van der Waals surface area contributed by atoms with Crippen LogP contribution < -0.4 is 14.8 Å². The molecular formula is C17H16BrN3O2. The van der Waals surface area contributed by atoms with Crippen LogP contribution in [-0.4, -0.2) is 24.2 Å². The molecule has 2 aromatic heterocycles. The van der Waals surface area contributed by atoms with Gasteiger partial charge in [0.05, 0.1) is 14.2 Å². The zero-order valence-corrected chi connectivity index (χ0v) is 14.4. The molecule has 2 heterocycles. The number of hydrogen-bond acceptors (Lipinski definition) is 5. The summed E-state index contributed by atoms with van der Waals surface area (Å²) in [6.07, 6.45) is 5.32. The van der Waals surface area contributed by atoms with Gasteiger partial charge in [-0.15, -0.1) is 0 Å². The van der Waals surface area contributed by atoms with Gasteiger partial charge in [-0.25, -0.2) is 4.98 Å². The summed E-state index contributed by atoms with van der Waals surface area (Å²) in [5.41, 5.74) is 1.13. The minimum absolute atomic E-state index is 0.659. The number of hydrogen-bond donors (Lipinski definition) is 1. The fourth-order valence-electron chi connectivity index (χ4n) is 2.38. The number of fused-ring (bicyclic) bond motifs is 1. The summed E-state index contributed by atoms with van der Waals surface area (Å²) < 4.78 is 11.7. The van der Waals surface area contributed by atoms with Crippen molar-refractivity contribution >= 4 is 32.5 Å². The van der Waals surface area contributed by atoms with Crippen molar-refractivity contribution in [2.24, 2.45) is 0 Å². The van der Waals surface area contributed by atoms with Gasteiger partial charge in [-0.3, -0.25) is 4.98 Å². The molecule has 0 fully saturated rings. The Labute approximate surface area is 142 Å². The van der Waals surface area contributed by atoms with E-state index in [0.717, 1.165) is 38.1 Å². The quantitative estimate of drug-likeness (QED) is 0.731. The van der Waals surface area contributed by atoms with E-state index in [4.69, 9.17) is 9.47 Å². The summed E-state index contributed by atoms with van der Waals surface area (Å²) in [6, 6.07) is 7.74. The van der Waals surface area contributed by atoms with Crippen LogP contribution in [-0.2, 0) is 6.54 Å². The molecule has 0 amide bonds. The van der Waals surface area contributed by atoms with Crippen molar-refractivity contribution < 1.29 is 9.47 Å². The lowest BCUT2D eigenvalue weighted by Crippen LogP contribution is -2.03. The largest absolute Gasteiger partial charge is 0.497 e. The second-order valence-electron chi connectivity index (χ2n) is 4.92. The molecule has 6 heteroatoms. The van der Waals surface area contributed by atoms with E-state index >= 15 is 0 Å². The van der Waals surface area contributed by atoms with Crippen molar-refractivity contribution in [3.8, 4) is 11.5 Å². The van der Waals surface area contributed by atoms with Crippen LogP contribution in [0.2, 0.25) is 0 Å². The number of pyridine rings is 2. The van der Waals surface area contributed by atoms with E-state index in [1.807, 2.05) is 24.3 Å². The maximum atomic E-state index is 5.49. The number of methoxy groups -OCH3 is 2. The van der Waals surface area contributed by atoms with Gasteiger partial charge in [-0.05, 0) is 39.7 Å². The highest BCUT2D eigenvalue weighted by Gasteiger charge is 2.13. The minimum atomic E-state index is 0.659. The van der Waals surface area contributed by atoms with Crippen LogP contribution in [0.3, 0.4) is 0 Å². The summed E-state index contributed by atoms with van der Waals surface area (Å²) in [4.78, 5) is 8.51. The third-order valence-corrected chi connectivity index (χ3v) is 4.14. The van der Waals surface area contributed by atoms with E-state index in [-0.39, 0.29) is 0 Å². The molecule has 0 saturated carbocycles. The van der Waals surface area contributed by atoms with E-state index in [0.29, 0.717) is 6.54 Å². The first-order valence-electron chi connectivity index (χ1n) is 7.06. The van der Waals surface area contributed by atoms with Crippen LogP contribution in [0.25, 0.3) is 10.8 Å². The maximum absolute atomic E-state index is 5.49. The number of nitrogens with zero attached hydrogens (tertiary/aromatic N) is 2. The van der Waals surface area contributed by atoms with Gasteiger partial charge >= 0.3 is 0 Å². The highest BCUT2D eigenvalue weighted by atomic mass is 79.9. The maximum Gasteiger partial charge on any atom is 0.134 e. The van der Waals surface area contributed by atoms with Gasteiger partial charge in [0, 0.05) is 46.4 Å². The predicted octanol–water partition coefficient (Wildman–Crippen LogP) is 4.02. The molecular weight excluding hydrogens is 358 g/mol. The van der Waals surface area contributed by atoms with E-state index in [1.165, 1.54) is 0 Å². The molecule has 0 bridgehead atoms. The molecule has 0 atom stereocenters. The molecule has 3 rings (SSSR count).